The van der Waals surface area contributed by atoms with Crippen molar-refractivity contribution in [1.82, 2.24) is 0 Å². The molecule has 0 atom stereocenters. The first kappa shape index (κ1) is 20.6. The quantitative estimate of drug-likeness (QED) is 0.593. The van der Waals surface area contributed by atoms with Crippen molar-refractivity contribution in [1.29, 1.82) is 0 Å². The summed E-state index contributed by atoms with van der Waals surface area (Å²) in [6.07, 6.45) is 10.4. The molecule has 2 fully saturated rings. The van der Waals surface area contributed by atoms with E-state index in [0.717, 1.165) is 51.4 Å². The van der Waals surface area contributed by atoms with Crippen LogP contribution in [0.15, 0.2) is 36.4 Å². The zero-order chi connectivity index (χ0) is 20.9. The summed E-state index contributed by atoms with van der Waals surface area (Å²) in [5, 5.41) is 20.9. The summed E-state index contributed by atoms with van der Waals surface area (Å²) in [6.45, 7) is 0. The van der Waals surface area contributed by atoms with Gasteiger partial charge in [-0.25, -0.2) is 0 Å². The van der Waals surface area contributed by atoms with Crippen LogP contribution >= 0.6 is 0 Å². The van der Waals surface area contributed by atoms with Gasteiger partial charge in [-0.1, -0.05) is 25.0 Å². The molecule has 0 heterocycles. The molecule has 2 aromatic rings. The predicted molar refractivity (Wildman–Crippen MR) is 115 cm³/mol. The van der Waals surface area contributed by atoms with Crippen LogP contribution in [0, 0.1) is 0 Å². The number of hydrogen-bond acceptors (Lipinski definition) is 5. The lowest BCUT2D eigenvalue weighted by atomic mass is 9.96. The molecule has 2 aliphatic rings. The zero-order valence-electron chi connectivity index (χ0n) is 17.3. The fourth-order valence-corrected chi connectivity index (χ4v) is 4.50. The highest BCUT2D eigenvalue weighted by Gasteiger charge is 2.27. The van der Waals surface area contributed by atoms with Gasteiger partial charge in [0.05, 0.1) is 23.3 Å². The summed E-state index contributed by atoms with van der Waals surface area (Å²) in [5.74, 6) is 0.0452. The van der Waals surface area contributed by atoms with Crippen LogP contribution in [-0.4, -0.2) is 28.2 Å². The minimum absolute atomic E-state index is 0.000681. The number of carbonyl (C=O) groups is 1. The largest absolute Gasteiger partial charge is 0.504 e. The van der Waals surface area contributed by atoms with Gasteiger partial charge in [-0.05, 0) is 75.6 Å². The number of aromatic hydroxyl groups is 2. The van der Waals surface area contributed by atoms with E-state index in [1.54, 1.807) is 24.3 Å². The van der Waals surface area contributed by atoms with Crippen LogP contribution in [0.2, 0.25) is 0 Å². The van der Waals surface area contributed by atoms with Gasteiger partial charge in [-0.2, -0.15) is 0 Å². The lowest BCUT2D eigenvalue weighted by Gasteiger charge is -2.26. The van der Waals surface area contributed by atoms with Crippen molar-refractivity contribution in [3.8, 4) is 23.0 Å². The highest BCUT2D eigenvalue weighted by atomic mass is 16.5. The molecule has 5 nitrogen and oxygen atoms in total. The fraction of sp³-hybridized carbons (Fsp3) is 0.480. The maximum Gasteiger partial charge on any atom is 0.200 e. The molecule has 0 bridgehead atoms. The van der Waals surface area contributed by atoms with Crippen molar-refractivity contribution < 1.29 is 24.5 Å². The lowest BCUT2D eigenvalue weighted by Crippen LogP contribution is -2.22. The number of benzene rings is 2. The maximum atomic E-state index is 13.5. The third kappa shape index (κ3) is 4.55. The van der Waals surface area contributed by atoms with Gasteiger partial charge in [0.1, 0.15) is 0 Å². The van der Waals surface area contributed by atoms with E-state index < -0.39 is 0 Å². The van der Waals surface area contributed by atoms with Gasteiger partial charge in [-0.3, -0.25) is 4.79 Å². The molecule has 0 aliphatic heterocycles. The van der Waals surface area contributed by atoms with E-state index in [4.69, 9.17) is 9.47 Å². The molecule has 2 aliphatic carbocycles. The van der Waals surface area contributed by atoms with Gasteiger partial charge in [0, 0.05) is 0 Å². The molecule has 0 aromatic heterocycles. The van der Waals surface area contributed by atoms with E-state index in [2.05, 4.69) is 0 Å². The van der Waals surface area contributed by atoms with Crippen molar-refractivity contribution in [3.63, 3.8) is 0 Å². The van der Waals surface area contributed by atoms with Gasteiger partial charge in [0.2, 0.25) is 5.78 Å². The molecular formula is C25H30O5. The molecular weight excluding hydrogens is 380 g/mol. The Morgan fingerprint density at radius 2 is 1.07 bits per heavy atom. The molecule has 0 amide bonds. The van der Waals surface area contributed by atoms with Gasteiger partial charge >= 0.3 is 0 Å². The number of rotatable bonds is 6. The molecule has 0 spiro atoms. The van der Waals surface area contributed by atoms with Crippen molar-refractivity contribution in [2.45, 2.75) is 76.4 Å². The number of phenols is 2. The van der Waals surface area contributed by atoms with Crippen LogP contribution in [0.4, 0.5) is 0 Å². The first-order valence-electron chi connectivity index (χ1n) is 11.2. The Bertz CT molecular complexity index is 808. The molecule has 2 saturated carbocycles. The Morgan fingerprint density at radius 1 is 0.667 bits per heavy atom. The Morgan fingerprint density at radius 3 is 1.47 bits per heavy atom. The lowest BCUT2D eigenvalue weighted by molar-refractivity contribution is 0.100. The average Bonchev–Trinajstić information content (AvgIpc) is 2.77. The molecule has 30 heavy (non-hydrogen) atoms. The molecule has 0 radical (unpaired) electrons. The zero-order valence-corrected chi connectivity index (χ0v) is 17.3. The average molecular weight is 411 g/mol. The maximum absolute atomic E-state index is 13.5. The van der Waals surface area contributed by atoms with Gasteiger partial charge in [0.15, 0.2) is 23.0 Å². The summed E-state index contributed by atoms with van der Waals surface area (Å²) in [7, 11) is 0. The molecule has 160 valence electrons. The van der Waals surface area contributed by atoms with Crippen molar-refractivity contribution in [2.75, 3.05) is 0 Å². The summed E-state index contributed by atoms with van der Waals surface area (Å²) in [4.78, 5) is 13.5. The van der Waals surface area contributed by atoms with Gasteiger partial charge in [0.25, 0.3) is 0 Å². The van der Waals surface area contributed by atoms with Gasteiger partial charge < -0.3 is 19.7 Å². The van der Waals surface area contributed by atoms with Crippen molar-refractivity contribution in [2.24, 2.45) is 0 Å². The predicted octanol–water partition coefficient (Wildman–Crippen LogP) is 5.75. The van der Waals surface area contributed by atoms with E-state index in [1.807, 2.05) is 0 Å². The van der Waals surface area contributed by atoms with Crippen LogP contribution in [0.5, 0.6) is 23.0 Å². The number of para-hydroxylation sites is 2. The van der Waals surface area contributed by atoms with Crippen LogP contribution in [-0.2, 0) is 0 Å². The number of hydrogen-bond donors (Lipinski definition) is 2. The van der Waals surface area contributed by atoms with Crippen LogP contribution in [0.25, 0.3) is 0 Å². The summed E-state index contributed by atoms with van der Waals surface area (Å²) in [5.41, 5.74) is 0.583. The number of ether oxygens (including phenoxy) is 2. The molecule has 4 rings (SSSR count). The van der Waals surface area contributed by atoms with E-state index in [1.165, 1.54) is 25.0 Å². The van der Waals surface area contributed by atoms with Crippen LogP contribution in [0.1, 0.15) is 80.1 Å². The Balaban J connectivity index is 1.64. The first-order valence-corrected chi connectivity index (χ1v) is 11.2. The molecule has 2 aromatic carbocycles. The normalized spacial score (nSPS) is 18.1. The van der Waals surface area contributed by atoms with Crippen molar-refractivity contribution >= 4 is 5.78 Å². The highest BCUT2D eigenvalue weighted by molar-refractivity contribution is 6.13. The minimum atomic E-state index is -0.321. The Hall–Kier alpha value is -2.69. The number of ketones is 1. The van der Waals surface area contributed by atoms with E-state index >= 15 is 0 Å². The third-order valence-corrected chi connectivity index (χ3v) is 6.15. The van der Waals surface area contributed by atoms with E-state index in [9.17, 15) is 15.0 Å². The van der Waals surface area contributed by atoms with Crippen LogP contribution < -0.4 is 9.47 Å². The Kier molecular flexibility index (Phi) is 6.46. The molecule has 2 N–H and O–H groups in total. The Labute approximate surface area is 177 Å². The second-order valence-electron chi connectivity index (χ2n) is 8.39. The monoisotopic (exact) mass is 410 g/mol. The second-order valence-corrected chi connectivity index (χ2v) is 8.39. The highest BCUT2D eigenvalue weighted by Crippen LogP contribution is 2.39. The minimum Gasteiger partial charge on any atom is -0.504 e. The van der Waals surface area contributed by atoms with Crippen LogP contribution in [0.3, 0.4) is 0 Å². The van der Waals surface area contributed by atoms with E-state index in [0.29, 0.717) is 11.1 Å². The van der Waals surface area contributed by atoms with Gasteiger partial charge in [-0.15, -0.1) is 0 Å². The standard InChI is InChI=1S/C25H30O5/c26-21-15-7-13-19(24(21)29-17-9-3-1-4-10-17)23(28)20-14-8-16-22(27)25(20)30-18-11-5-2-6-12-18/h7-8,13-18,26-27H,1-6,9-12H2. The fourth-order valence-electron chi connectivity index (χ4n) is 4.50. The summed E-state index contributed by atoms with van der Waals surface area (Å²) in [6, 6.07) is 9.68. The smallest absolute Gasteiger partial charge is 0.200 e. The van der Waals surface area contributed by atoms with E-state index in [-0.39, 0.29) is 41.0 Å². The third-order valence-electron chi connectivity index (χ3n) is 6.15. The molecule has 0 unspecified atom stereocenters. The summed E-state index contributed by atoms with van der Waals surface area (Å²) < 4.78 is 12.2. The first-order chi connectivity index (χ1) is 14.6. The number of carbonyl (C=O) groups excluding carboxylic acids is 1. The SMILES string of the molecule is O=C(c1cccc(O)c1OC1CCCCC1)c1cccc(O)c1OC1CCCCC1. The summed E-state index contributed by atoms with van der Waals surface area (Å²) >= 11 is 0. The molecule has 5 heteroatoms. The second kappa shape index (κ2) is 9.41. The molecule has 0 saturated heterocycles. The topological polar surface area (TPSA) is 76.0 Å². The van der Waals surface area contributed by atoms with Crippen molar-refractivity contribution in [3.05, 3.63) is 47.5 Å². The number of phenolic OH excluding ortho intramolecular Hbond substituents is 2.